The first-order valence-electron chi connectivity index (χ1n) is 8.74. The lowest BCUT2D eigenvalue weighted by molar-refractivity contribution is 1.09. The highest BCUT2D eigenvalue weighted by molar-refractivity contribution is 5.81. The molecule has 0 aliphatic heterocycles. The molecule has 0 fully saturated rings. The summed E-state index contributed by atoms with van der Waals surface area (Å²) in [6.45, 7) is 4.06. The van der Waals surface area contributed by atoms with E-state index in [0.29, 0.717) is 0 Å². The van der Waals surface area contributed by atoms with E-state index in [4.69, 9.17) is 0 Å². The van der Waals surface area contributed by atoms with Gasteiger partial charge in [-0.05, 0) is 59.9 Å². The zero-order valence-corrected chi connectivity index (χ0v) is 15.2. The molecule has 0 amide bonds. The Hall–Kier alpha value is -3.71. The molecule has 0 saturated carbocycles. The average Bonchev–Trinajstić information content (AvgIpc) is 3.21. The topological polar surface area (TPSA) is 65.4 Å². The molecular weight excluding hydrogens is 332 g/mol. The lowest BCUT2D eigenvalue weighted by Crippen LogP contribution is -1.91. The van der Waals surface area contributed by atoms with Crippen LogP contribution in [0.4, 0.5) is 0 Å². The number of hydrogen-bond acceptors (Lipinski definition) is 3. The van der Waals surface area contributed by atoms with Gasteiger partial charge in [-0.25, -0.2) is 0 Å². The SMILES string of the molecule is Cc1c(C#N)ccc(-c2ccc(-c3cn[nH]c3-c3ccncc3)cc2)c1C. The standard InChI is InChI=1S/C23H18N4/c1-15-16(2)21(8-7-20(15)13-24)17-3-5-18(6-4-17)22-14-26-27-23(22)19-9-11-25-12-10-19/h3-12,14H,1-2H3,(H,26,27). The van der Waals surface area contributed by atoms with Gasteiger partial charge in [-0.15, -0.1) is 0 Å². The van der Waals surface area contributed by atoms with Crippen molar-refractivity contribution in [3.05, 3.63) is 83.8 Å². The van der Waals surface area contributed by atoms with Crippen molar-refractivity contribution in [1.82, 2.24) is 15.2 Å². The van der Waals surface area contributed by atoms with E-state index >= 15 is 0 Å². The summed E-state index contributed by atoms with van der Waals surface area (Å²) in [6.07, 6.45) is 5.40. The maximum atomic E-state index is 9.20. The molecule has 2 heterocycles. The van der Waals surface area contributed by atoms with Crippen LogP contribution in [0, 0.1) is 25.2 Å². The van der Waals surface area contributed by atoms with Crippen LogP contribution in [0.1, 0.15) is 16.7 Å². The number of benzene rings is 2. The molecule has 4 rings (SSSR count). The highest BCUT2D eigenvalue weighted by Crippen LogP contribution is 2.33. The lowest BCUT2D eigenvalue weighted by atomic mass is 9.93. The van der Waals surface area contributed by atoms with Crippen molar-refractivity contribution in [3.8, 4) is 39.6 Å². The van der Waals surface area contributed by atoms with Crippen LogP contribution in [0.3, 0.4) is 0 Å². The van der Waals surface area contributed by atoms with Gasteiger partial charge < -0.3 is 0 Å². The molecule has 1 N–H and O–H groups in total. The summed E-state index contributed by atoms with van der Waals surface area (Å²) < 4.78 is 0. The fourth-order valence-electron chi connectivity index (χ4n) is 3.33. The van der Waals surface area contributed by atoms with Crippen LogP contribution in [0.2, 0.25) is 0 Å². The predicted molar refractivity (Wildman–Crippen MR) is 107 cm³/mol. The van der Waals surface area contributed by atoms with Gasteiger partial charge in [0.1, 0.15) is 0 Å². The summed E-state index contributed by atoms with van der Waals surface area (Å²) >= 11 is 0. The van der Waals surface area contributed by atoms with E-state index in [2.05, 4.69) is 52.4 Å². The Bertz CT molecular complexity index is 1130. The van der Waals surface area contributed by atoms with Crippen LogP contribution in [0.25, 0.3) is 33.5 Å². The van der Waals surface area contributed by atoms with Crippen LogP contribution in [0.15, 0.2) is 67.1 Å². The van der Waals surface area contributed by atoms with Crippen LogP contribution >= 0.6 is 0 Å². The molecule has 0 unspecified atom stereocenters. The molecule has 4 heteroatoms. The van der Waals surface area contributed by atoms with E-state index in [0.717, 1.165) is 50.2 Å². The third kappa shape index (κ3) is 3.00. The predicted octanol–water partition coefficient (Wildman–Crippen LogP) is 5.29. The third-order valence-corrected chi connectivity index (χ3v) is 5.02. The normalized spacial score (nSPS) is 10.6. The highest BCUT2D eigenvalue weighted by Gasteiger charge is 2.11. The molecule has 0 saturated heterocycles. The first kappa shape index (κ1) is 16.7. The molecule has 130 valence electrons. The monoisotopic (exact) mass is 350 g/mol. The van der Waals surface area contributed by atoms with Crippen molar-refractivity contribution in [1.29, 1.82) is 5.26 Å². The minimum Gasteiger partial charge on any atom is -0.277 e. The van der Waals surface area contributed by atoms with Crippen molar-refractivity contribution in [2.75, 3.05) is 0 Å². The summed E-state index contributed by atoms with van der Waals surface area (Å²) in [6, 6.07) is 18.6. The maximum absolute atomic E-state index is 9.20. The highest BCUT2D eigenvalue weighted by atomic mass is 15.1. The molecule has 0 aliphatic rings. The van der Waals surface area contributed by atoms with E-state index in [1.807, 2.05) is 37.4 Å². The molecule has 0 aliphatic carbocycles. The molecule has 0 atom stereocenters. The Morgan fingerprint density at radius 3 is 2.11 bits per heavy atom. The average molecular weight is 350 g/mol. The van der Waals surface area contributed by atoms with Gasteiger partial charge in [0.15, 0.2) is 0 Å². The zero-order chi connectivity index (χ0) is 18.8. The van der Waals surface area contributed by atoms with E-state index < -0.39 is 0 Å². The number of nitrogens with zero attached hydrogens (tertiary/aromatic N) is 3. The molecule has 2 aromatic heterocycles. The fourth-order valence-corrected chi connectivity index (χ4v) is 3.33. The van der Waals surface area contributed by atoms with E-state index in [-0.39, 0.29) is 0 Å². The maximum Gasteiger partial charge on any atom is 0.0994 e. The summed E-state index contributed by atoms with van der Waals surface area (Å²) in [4.78, 5) is 4.08. The van der Waals surface area contributed by atoms with E-state index in [1.165, 1.54) is 0 Å². The molecule has 0 bridgehead atoms. The number of nitriles is 1. The second-order valence-electron chi connectivity index (χ2n) is 6.49. The fraction of sp³-hybridized carbons (Fsp3) is 0.0870. The second-order valence-corrected chi connectivity index (χ2v) is 6.49. The van der Waals surface area contributed by atoms with E-state index in [1.54, 1.807) is 12.4 Å². The number of rotatable bonds is 3. The molecule has 0 radical (unpaired) electrons. The number of pyridine rings is 1. The molecule has 4 nitrogen and oxygen atoms in total. The van der Waals surface area contributed by atoms with Gasteiger partial charge in [0.05, 0.1) is 23.5 Å². The second kappa shape index (κ2) is 6.89. The first-order chi connectivity index (χ1) is 13.2. The van der Waals surface area contributed by atoms with Crippen molar-refractivity contribution in [2.45, 2.75) is 13.8 Å². The van der Waals surface area contributed by atoms with Crippen LogP contribution in [-0.4, -0.2) is 15.2 Å². The van der Waals surface area contributed by atoms with E-state index in [9.17, 15) is 5.26 Å². The molecule has 4 aromatic rings. The zero-order valence-electron chi connectivity index (χ0n) is 15.2. The summed E-state index contributed by atoms with van der Waals surface area (Å²) in [5.41, 5.74) is 9.39. The Labute approximate surface area is 158 Å². The third-order valence-electron chi connectivity index (χ3n) is 5.02. The lowest BCUT2D eigenvalue weighted by Gasteiger charge is -2.11. The number of aromatic amines is 1. The Morgan fingerprint density at radius 2 is 1.44 bits per heavy atom. The molecule has 2 aromatic carbocycles. The van der Waals surface area contributed by atoms with Gasteiger partial charge in [-0.3, -0.25) is 10.1 Å². The number of aromatic nitrogens is 3. The van der Waals surface area contributed by atoms with Crippen LogP contribution in [0.5, 0.6) is 0 Å². The smallest absolute Gasteiger partial charge is 0.0994 e. The van der Waals surface area contributed by atoms with Gasteiger partial charge in [-0.2, -0.15) is 10.4 Å². The van der Waals surface area contributed by atoms with Crippen molar-refractivity contribution < 1.29 is 0 Å². The molecule has 27 heavy (non-hydrogen) atoms. The van der Waals surface area contributed by atoms with Crippen LogP contribution in [-0.2, 0) is 0 Å². The minimum atomic E-state index is 0.730. The number of hydrogen-bond donors (Lipinski definition) is 1. The van der Waals surface area contributed by atoms with Gasteiger partial charge in [-0.1, -0.05) is 30.3 Å². The Morgan fingerprint density at radius 1 is 0.778 bits per heavy atom. The molecular formula is C23H18N4. The minimum absolute atomic E-state index is 0.730. The summed E-state index contributed by atoms with van der Waals surface area (Å²) in [5, 5.41) is 16.5. The first-order valence-corrected chi connectivity index (χ1v) is 8.74. The van der Waals surface area contributed by atoms with Crippen molar-refractivity contribution in [3.63, 3.8) is 0 Å². The van der Waals surface area contributed by atoms with Crippen LogP contribution < -0.4 is 0 Å². The quantitative estimate of drug-likeness (QED) is 0.545. The summed E-state index contributed by atoms with van der Waals surface area (Å²) in [5.74, 6) is 0. The van der Waals surface area contributed by atoms with Gasteiger partial charge in [0.25, 0.3) is 0 Å². The van der Waals surface area contributed by atoms with Gasteiger partial charge >= 0.3 is 0 Å². The molecule has 0 spiro atoms. The number of nitrogens with one attached hydrogen (secondary N) is 1. The largest absolute Gasteiger partial charge is 0.277 e. The van der Waals surface area contributed by atoms with Crippen molar-refractivity contribution in [2.24, 2.45) is 0 Å². The Balaban J connectivity index is 1.72. The summed E-state index contributed by atoms with van der Waals surface area (Å²) in [7, 11) is 0. The van der Waals surface area contributed by atoms with Gasteiger partial charge in [0, 0.05) is 23.5 Å². The number of H-pyrrole nitrogens is 1. The Kier molecular flexibility index (Phi) is 4.27. The van der Waals surface area contributed by atoms with Crippen molar-refractivity contribution >= 4 is 0 Å². The van der Waals surface area contributed by atoms with Gasteiger partial charge in [0.2, 0.25) is 0 Å².